The van der Waals surface area contributed by atoms with Crippen LogP contribution in [-0.2, 0) is 16.6 Å². The molecule has 5 heteroatoms. The standard InChI is InChI=1S/C16H17F3O2/c1-10-8-11(20)9-14(2,3)15(10,21)12-6-4-5-7-13(12)16(17,18)19/h4-8,21H,9H2,1-3H3. The van der Waals surface area contributed by atoms with Crippen LogP contribution in [0.25, 0.3) is 0 Å². The van der Waals surface area contributed by atoms with Gasteiger partial charge in [0.05, 0.1) is 5.56 Å². The molecule has 1 aliphatic carbocycles. The molecule has 1 aromatic rings. The van der Waals surface area contributed by atoms with Crippen molar-refractivity contribution in [2.75, 3.05) is 0 Å². The highest BCUT2D eigenvalue weighted by atomic mass is 19.4. The molecule has 0 saturated carbocycles. The molecule has 0 saturated heterocycles. The van der Waals surface area contributed by atoms with E-state index in [2.05, 4.69) is 0 Å². The molecule has 0 bridgehead atoms. The van der Waals surface area contributed by atoms with Crippen molar-refractivity contribution < 1.29 is 23.1 Å². The minimum Gasteiger partial charge on any atom is -0.380 e. The topological polar surface area (TPSA) is 37.3 Å². The van der Waals surface area contributed by atoms with Crippen LogP contribution in [0.5, 0.6) is 0 Å². The van der Waals surface area contributed by atoms with Crippen molar-refractivity contribution in [3.05, 3.63) is 47.0 Å². The maximum Gasteiger partial charge on any atom is 0.416 e. The van der Waals surface area contributed by atoms with Gasteiger partial charge in [-0.3, -0.25) is 4.79 Å². The van der Waals surface area contributed by atoms with Gasteiger partial charge in [-0.2, -0.15) is 13.2 Å². The van der Waals surface area contributed by atoms with Crippen molar-refractivity contribution in [2.45, 2.75) is 39.0 Å². The van der Waals surface area contributed by atoms with Crippen LogP contribution in [0.15, 0.2) is 35.9 Å². The van der Waals surface area contributed by atoms with E-state index in [0.29, 0.717) is 0 Å². The van der Waals surface area contributed by atoms with Crippen molar-refractivity contribution in [1.82, 2.24) is 0 Å². The van der Waals surface area contributed by atoms with Gasteiger partial charge in [-0.1, -0.05) is 32.0 Å². The Morgan fingerprint density at radius 2 is 1.76 bits per heavy atom. The number of ketones is 1. The van der Waals surface area contributed by atoms with Gasteiger partial charge in [-0.25, -0.2) is 0 Å². The van der Waals surface area contributed by atoms with Gasteiger partial charge < -0.3 is 5.11 Å². The SMILES string of the molecule is CC1=CC(=O)CC(C)(C)C1(O)c1ccccc1C(F)(F)F. The second kappa shape index (κ2) is 4.70. The third-order valence-corrected chi connectivity index (χ3v) is 4.17. The number of carbonyl (C=O) groups is 1. The molecule has 0 spiro atoms. The van der Waals surface area contributed by atoms with Gasteiger partial charge in [0, 0.05) is 17.4 Å². The lowest BCUT2D eigenvalue weighted by atomic mass is 9.61. The van der Waals surface area contributed by atoms with Crippen LogP contribution in [0, 0.1) is 5.41 Å². The molecule has 0 heterocycles. The van der Waals surface area contributed by atoms with Gasteiger partial charge in [0.15, 0.2) is 5.78 Å². The summed E-state index contributed by atoms with van der Waals surface area (Å²) in [6.07, 6.45) is -3.34. The molecule has 0 fully saturated rings. The highest BCUT2D eigenvalue weighted by Gasteiger charge is 2.52. The zero-order chi connectivity index (χ0) is 16.1. The van der Waals surface area contributed by atoms with Crippen LogP contribution < -0.4 is 0 Å². The average molecular weight is 298 g/mol. The fourth-order valence-electron chi connectivity index (χ4n) is 3.12. The molecule has 2 rings (SSSR count). The van der Waals surface area contributed by atoms with E-state index in [0.717, 1.165) is 6.07 Å². The van der Waals surface area contributed by atoms with Crippen LogP contribution in [0.1, 0.15) is 38.3 Å². The smallest absolute Gasteiger partial charge is 0.380 e. The first kappa shape index (κ1) is 15.8. The fourth-order valence-corrected chi connectivity index (χ4v) is 3.12. The van der Waals surface area contributed by atoms with E-state index >= 15 is 0 Å². The quantitative estimate of drug-likeness (QED) is 0.855. The maximum absolute atomic E-state index is 13.2. The second-order valence-electron chi connectivity index (χ2n) is 6.11. The van der Waals surface area contributed by atoms with Gasteiger partial charge in [0.1, 0.15) is 5.60 Å². The zero-order valence-corrected chi connectivity index (χ0v) is 12.1. The zero-order valence-electron chi connectivity index (χ0n) is 12.1. The lowest BCUT2D eigenvalue weighted by Gasteiger charge is -2.47. The largest absolute Gasteiger partial charge is 0.416 e. The summed E-state index contributed by atoms with van der Waals surface area (Å²) < 4.78 is 39.7. The summed E-state index contributed by atoms with van der Waals surface area (Å²) in [5, 5.41) is 11.1. The summed E-state index contributed by atoms with van der Waals surface area (Å²) in [6, 6.07) is 4.98. The predicted molar refractivity (Wildman–Crippen MR) is 72.5 cm³/mol. The highest BCUT2D eigenvalue weighted by molar-refractivity contribution is 5.92. The highest BCUT2D eigenvalue weighted by Crippen LogP contribution is 2.52. The first-order chi connectivity index (χ1) is 9.50. The molecule has 21 heavy (non-hydrogen) atoms. The van der Waals surface area contributed by atoms with Crippen molar-refractivity contribution >= 4 is 5.78 Å². The molecule has 0 amide bonds. The molecule has 2 nitrogen and oxygen atoms in total. The number of aliphatic hydroxyl groups is 1. The van der Waals surface area contributed by atoms with E-state index in [1.165, 1.54) is 31.2 Å². The molecule has 1 aliphatic rings. The summed E-state index contributed by atoms with van der Waals surface area (Å²) in [7, 11) is 0. The van der Waals surface area contributed by atoms with Gasteiger partial charge >= 0.3 is 6.18 Å². The van der Waals surface area contributed by atoms with E-state index in [-0.39, 0.29) is 23.3 Å². The molecule has 0 radical (unpaired) electrons. The average Bonchev–Trinajstić information content (AvgIpc) is 2.34. The second-order valence-corrected chi connectivity index (χ2v) is 6.11. The van der Waals surface area contributed by atoms with Crippen LogP contribution >= 0.6 is 0 Å². The molecule has 0 aromatic heterocycles. The summed E-state index contributed by atoms with van der Waals surface area (Å²) in [6.45, 7) is 4.70. The van der Waals surface area contributed by atoms with Crippen LogP contribution in [0.3, 0.4) is 0 Å². The lowest BCUT2D eigenvalue weighted by Crippen LogP contribution is -2.48. The third kappa shape index (κ3) is 2.39. The Kier molecular flexibility index (Phi) is 3.53. The number of rotatable bonds is 1. The first-order valence-electron chi connectivity index (χ1n) is 6.61. The number of hydrogen-bond acceptors (Lipinski definition) is 2. The summed E-state index contributed by atoms with van der Waals surface area (Å²) >= 11 is 0. The third-order valence-electron chi connectivity index (χ3n) is 4.17. The van der Waals surface area contributed by atoms with Gasteiger partial charge in [-0.05, 0) is 24.6 Å². The molecule has 114 valence electrons. The molecule has 0 aliphatic heterocycles. The molecule has 1 unspecified atom stereocenters. The van der Waals surface area contributed by atoms with Crippen molar-refractivity contribution in [3.8, 4) is 0 Å². The minimum absolute atomic E-state index is 0.00691. The van der Waals surface area contributed by atoms with Gasteiger partial charge in [0.25, 0.3) is 0 Å². The number of hydrogen-bond donors (Lipinski definition) is 1. The van der Waals surface area contributed by atoms with Crippen LogP contribution in [0.4, 0.5) is 13.2 Å². The normalized spacial score (nSPS) is 25.7. The van der Waals surface area contributed by atoms with Crippen molar-refractivity contribution in [1.29, 1.82) is 0 Å². The molecule has 1 aromatic carbocycles. The molecule has 1 N–H and O–H groups in total. The minimum atomic E-state index is -4.57. The molecular weight excluding hydrogens is 281 g/mol. The van der Waals surface area contributed by atoms with Gasteiger partial charge in [-0.15, -0.1) is 0 Å². The molecule has 1 atom stereocenters. The number of halogens is 3. The van der Waals surface area contributed by atoms with E-state index in [9.17, 15) is 23.1 Å². The number of allylic oxidation sites excluding steroid dienone is 1. The van der Waals surface area contributed by atoms with Crippen molar-refractivity contribution in [2.24, 2.45) is 5.41 Å². The Labute approximate surface area is 121 Å². The molecular formula is C16H17F3O2. The Morgan fingerprint density at radius 1 is 1.19 bits per heavy atom. The Morgan fingerprint density at radius 3 is 2.29 bits per heavy atom. The fraction of sp³-hybridized carbons (Fsp3) is 0.438. The Balaban J connectivity index is 2.75. The Bertz CT molecular complexity index is 614. The van der Waals surface area contributed by atoms with Crippen molar-refractivity contribution in [3.63, 3.8) is 0 Å². The Hall–Kier alpha value is -1.62. The first-order valence-corrected chi connectivity index (χ1v) is 6.61. The van der Waals surface area contributed by atoms with Crippen LogP contribution in [0.2, 0.25) is 0 Å². The number of benzene rings is 1. The van der Waals surface area contributed by atoms with E-state index in [1.54, 1.807) is 13.8 Å². The summed E-state index contributed by atoms with van der Waals surface area (Å²) in [5.74, 6) is -0.188. The monoisotopic (exact) mass is 298 g/mol. The van der Waals surface area contributed by atoms with E-state index in [4.69, 9.17) is 0 Å². The summed E-state index contributed by atoms with van der Waals surface area (Å²) in [4.78, 5) is 11.7. The van der Waals surface area contributed by atoms with Crippen LogP contribution in [-0.4, -0.2) is 10.9 Å². The summed E-state index contributed by atoms with van der Waals surface area (Å²) in [5.41, 5.74) is -3.69. The lowest BCUT2D eigenvalue weighted by molar-refractivity contribution is -0.143. The maximum atomic E-state index is 13.2. The van der Waals surface area contributed by atoms with Gasteiger partial charge in [0.2, 0.25) is 0 Å². The predicted octanol–water partition coefficient (Wildman–Crippen LogP) is 3.84. The number of alkyl halides is 3. The van der Waals surface area contributed by atoms with E-state index in [1.807, 2.05) is 0 Å². The van der Waals surface area contributed by atoms with E-state index < -0.39 is 22.8 Å². The number of carbonyl (C=O) groups excluding carboxylic acids is 1.